The topological polar surface area (TPSA) is 95.9 Å². The molecule has 152 valence electrons. The minimum absolute atomic E-state index is 0.135. The van der Waals surface area contributed by atoms with E-state index >= 15 is 0 Å². The summed E-state index contributed by atoms with van der Waals surface area (Å²) in [6.45, 7) is 0. The molecule has 2 aliphatic rings. The summed E-state index contributed by atoms with van der Waals surface area (Å²) in [4.78, 5) is 31.9. The molecule has 3 aromatic heterocycles. The smallest absolute Gasteiger partial charge is 0.313 e. The van der Waals surface area contributed by atoms with Crippen LogP contribution in [0, 0.1) is 5.82 Å². The zero-order valence-electron chi connectivity index (χ0n) is 16.1. The van der Waals surface area contributed by atoms with Crippen LogP contribution in [-0.2, 0) is 0 Å². The average molecular weight is 405 g/mol. The third-order valence-electron chi connectivity index (χ3n) is 5.35. The van der Waals surface area contributed by atoms with Gasteiger partial charge in [0.2, 0.25) is 0 Å². The molecule has 0 unspecified atom stereocenters. The van der Waals surface area contributed by atoms with Crippen LogP contribution in [0.1, 0.15) is 48.8 Å². The predicted octanol–water partition coefficient (Wildman–Crippen LogP) is 3.35. The Balaban J connectivity index is 0.000000161. The molecule has 0 radical (unpaired) electrons. The largest absolute Gasteiger partial charge is 0.325 e. The number of hydrogen-bond donors (Lipinski definition) is 2. The van der Waals surface area contributed by atoms with E-state index in [-0.39, 0.29) is 5.82 Å². The van der Waals surface area contributed by atoms with Crippen molar-refractivity contribution in [3.8, 4) is 11.3 Å². The van der Waals surface area contributed by atoms with Crippen molar-refractivity contribution in [1.29, 1.82) is 0 Å². The summed E-state index contributed by atoms with van der Waals surface area (Å²) < 4.78 is 14.0. The molecule has 30 heavy (non-hydrogen) atoms. The van der Waals surface area contributed by atoms with Crippen LogP contribution < -0.4 is 11.2 Å². The summed E-state index contributed by atoms with van der Waals surface area (Å²) in [5, 5.41) is 4.38. The molecule has 1 aromatic carbocycles. The molecular weight excluding hydrogens is 385 g/mol. The predicted molar refractivity (Wildman–Crippen MR) is 110 cm³/mol. The molecular formula is C22H20FN5O2. The van der Waals surface area contributed by atoms with Crippen molar-refractivity contribution in [2.45, 2.75) is 37.5 Å². The third kappa shape index (κ3) is 3.94. The fourth-order valence-corrected chi connectivity index (χ4v) is 3.37. The lowest BCUT2D eigenvalue weighted by Crippen LogP contribution is -2.22. The van der Waals surface area contributed by atoms with Crippen molar-refractivity contribution in [2.75, 3.05) is 0 Å². The summed E-state index contributed by atoms with van der Waals surface area (Å²) in [5.74, 6) is 1.15. The highest BCUT2D eigenvalue weighted by atomic mass is 19.1. The third-order valence-corrected chi connectivity index (χ3v) is 5.35. The molecule has 0 amide bonds. The van der Waals surface area contributed by atoms with Gasteiger partial charge in [0.05, 0.1) is 23.1 Å². The first-order valence-electron chi connectivity index (χ1n) is 10.0. The Kier molecular flexibility index (Phi) is 4.54. The maximum atomic E-state index is 12.4. The van der Waals surface area contributed by atoms with Crippen LogP contribution in [0.3, 0.4) is 0 Å². The molecule has 0 aliphatic heterocycles. The number of nitrogens with one attached hydrogen (secondary N) is 2. The minimum Gasteiger partial charge on any atom is -0.313 e. The highest BCUT2D eigenvalue weighted by Gasteiger charge is 2.26. The Labute approximate surface area is 170 Å². The van der Waals surface area contributed by atoms with Gasteiger partial charge in [-0.05, 0) is 61.4 Å². The van der Waals surface area contributed by atoms with E-state index in [0.717, 1.165) is 17.3 Å². The van der Waals surface area contributed by atoms with E-state index in [1.54, 1.807) is 10.6 Å². The zero-order chi connectivity index (χ0) is 20.7. The van der Waals surface area contributed by atoms with Crippen LogP contribution in [0.5, 0.6) is 0 Å². The molecule has 2 saturated carbocycles. The fourth-order valence-electron chi connectivity index (χ4n) is 3.37. The molecule has 0 spiro atoms. The SMILES string of the molecule is Fc1ccc(C2CC2)cc1.O=c1[nH]cc(-c2ccc3nc(C4CC4)cn3n2)c(=O)[nH]1. The molecule has 4 aromatic rings. The molecule has 3 heterocycles. The number of fused-ring (bicyclic) bond motifs is 1. The van der Waals surface area contributed by atoms with Crippen LogP contribution in [0.25, 0.3) is 16.9 Å². The fraction of sp³-hybridized carbons (Fsp3) is 0.273. The highest BCUT2D eigenvalue weighted by Crippen LogP contribution is 2.40. The number of H-pyrrole nitrogens is 2. The van der Waals surface area contributed by atoms with Gasteiger partial charge in [0.25, 0.3) is 5.56 Å². The second-order valence-corrected chi connectivity index (χ2v) is 7.77. The standard InChI is InChI=1S/C13H11N5O2.C9H9F/c19-12-8(5-14-13(20)16-12)9-3-4-11-15-10(7-1-2-7)6-18(11)17-9;10-9-5-3-8(4-6-9)7-1-2-7/h3-7H,1-2H2,(H2,14,16,19,20);3-7H,1-2H2. The summed E-state index contributed by atoms with van der Waals surface area (Å²) >= 11 is 0. The van der Waals surface area contributed by atoms with E-state index < -0.39 is 11.2 Å². The van der Waals surface area contributed by atoms with Crippen molar-refractivity contribution < 1.29 is 4.39 Å². The number of aromatic nitrogens is 5. The van der Waals surface area contributed by atoms with E-state index in [9.17, 15) is 14.0 Å². The van der Waals surface area contributed by atoms with Gasteiger partial charge in [0, 0.05) is 12.1 Å². The molecule has 0 saturated heterocycles. The van der Waals surface area contributed by atoms with Crippen molar-refractivity contribution in [2.24, 2.45) is 0 Å². The average Bonchev–Trinajstić information content (AvgIpc) is 3.66. The van der Waals surface area contributed by atoms with Gasteiger partial charge < -0.3 is 4.98 Å². The van der Waals surface area contributed by atoms with Gasteiger partial charge in [-0.2, -0.15) is 5.10 Å². The van der Waals surface area contributed by atoms with Crippen molar-refractivity contribution >= 4 is 5.65 Å². The molecule has 8 heteroatoms. The van der Waals surface area contributed by atoms with Crippen LogP contribution in [0.4, 0.5) is 4.39 Å². The van der Waals surface area contributed by atoms with Gasteiger partial charge in [0.15, 0.2) is 5.65 Å². The lowest BCUT2D eigenvalue weighted by atomic mass is 10.1. The van der Waals surface area contributed by atoms with Crippen LogP contribution >= 0.6 is 0 Å². The van der Waals surface area contributed by atoms with E-state index in [1.807, 2.05) is 24.4 Å². The molecule has 0 bridgehead atoms. The normalized spacial score (nSPS) is 15.6. The van der Waals surface area contributed by atoms with Crippen molar-refractivity contribution in [1.82, 2.24) is 24.6 Å². The second kappa shape index (κ2) is 7.37. The van der Waals surface area contributed by atoms with Gasteiger partial charge in [-0.1, -0.05) is 12.1 Å². The molecule has 0 atom stereocenters. The number of rotatable bonds is 3. The Hall–Kier alpha value is -3.55. The maximum Gasteiger partial charge on any atom is 0.325 e. The van der Waals surface area contributed by atoms with Gasteiger partial charge in [-0.25, -0.2) is 18.7 Å². The Morgan fingerprint density at radius 2 is 1.70 bits per heavy atom. The van der Waals surface area contributed by atoms with Crippen molar-refractivity contribution in [3.63, 3.8) is 0 Å². The molecule has 6 rings (SSSR count). The summed E-state index contributed by atoms with van der Waals surface area (Å²) in [7, 11) is 0. The lowest BCUT2D eigenvalue weighted by Gasteiger charge is -1.99. The van der Waals surface area contributed by atoms with E-state index in [4.69, 9.17) is 0 Å². The maximum absolute atomic E-state index is 12.4. The number of benzene rings is 1. The zero-order valence-corrected chi connectivity index (χ0v) is 16.1. The minimum atomic E-state index is -0.529. The number of hydrogen-bond acceptors (Lipinski definition) is 4. The van der Waals surface area contributed by atoms with E-state index in [1.165, 1.54) is 49.6 Å². The monoisotopic (exact) mass is 405 g/mol. The number of nitrogens with zero attached hydrogens (tertiary/aromatic N) is 3. The lowest BCUT2D eigenvalue weighted by molar-refractivity contribution is 0.627. The first kappa shape index (κ1) is 18.5. The molecule has 2 aliphatic carbocycles. The van der Waals surface area contributed by atoms with Crippen molar-refractivity contribution in [3.05, 3.63) is 86.7 Å². The first-order valence-corrected chi connectivity index (χ1v) is 10.0. The van der Waals surface area contributed by atoms with Crippen LogP contribution in [0.15, 0.2) is 58.4 Å². The number of imidazole rings is 1. The number of aromatic amines is 2. The molecule has 7 nitrogen and oxygen atoms in total. The Morgan fingerprint density at radius 1 is 0.967 bits per heavy atom. The van der Waals surface area contributed by atoms with E-state index in [2.05, 4.69) is 20.1 Å². The summed E-state index contributed by atoms with van der Waals surface area (Å²) in [6.07, 6.45) is 8.19. The second-order valence-electron chi connectivity index (χ2n) is 7.77. The van der Waals surface area contributed by atoms with Gasteiger partial charge in [0.1, 0.15) is 5.82 Å². The highest BCUT2D eigenvalue weighted by molar-refractivity contribution is 5.58. The van der Waals surface area contributed by atoms with Crippen LogP contribution in [0.2, 0.25) is 0 Å². The molecule has 2 fully saturated rings. The Bertz CT molecular complexity index is 1310. The van der Waals surface area contributed by atoms with E-state index in [0.29, 0.717) is 17.2 Å². The van der Waals surface area contributed by atoms with Gasteiger partial charge in [-0.3, -0.25) is 9.78 Å². The Morgan fingerprint density at radius 3 is 2.37 bits per heavy atom. The van der Waals surface area contributed by atoms with Crippen LogP contribution in [-0.4, -0.2) is 24.6 Å². The summed E-state index contributed by atoms with van der Waals surface area (Å²) in [6, 6.07) is 10.4. The quantitative estimate of drug-likeness (QED) is 0.546. The number of halogens is 1. The first-order chi connectivity index (χ1) is 14.6. The van der Waals surface area contributed by atoms with Gasteiger partial charge >= 0.3 is 5.69 Å². The summed E-state index contributed by atoms with van der Waals surface area (Å²) in [5.41, 5.74) is 2.94. The molecule has 2 N–H and O–H groups in total. The van der Waals surface area contributed by atoms with Gasteiger partial charge in [-0.15, -0.1) is 0 Å².